The molecule has 0 saturated carbocycles. The van der Waals surface area contributed by atoms with Gasteiger partial charge >= 0.3 is 0 Å². The summed E-state index contributed by atoms with van der Waals surface area (Å²) < 4.78 is 32.6. The van der Waals surface area contributed by atoms with E-state index in [-0.39, 0.29) is 12.0 Å². The van der Waals surface area contributed by atoms with E-state index in [0.717, 1.165) is 6.42 Å². The summed E-state index contributed by atoms with van der Waals surface area (Å²) in [5, 5.41) is 10.1. The fourth-order valence-corrected chi connectivity index (χ4v) is 1.96. The summed E-state index contributed by atoms with van der Waals surface area (Å²) in [5.41, 5.74) is 0.330. The fraction of sp³-hybridized carbons (Fsp3) is 0.312. The van der Waals surface area contributed by atoms with E-state index in [9.17, 15) is 13.9 Å². The fourth-order valence-electron chi connectivity index (χ4n) is 1.96. The van der Waals surface area contributed by atoms with Gasteiger partial charge in [0.1, 0.15) is 17.4 Å². The highest BCUT2D eigenvalue weighted by Gasteiger charge is 2.16. The Labute approximate surface area is 122 Å². The average molecular weight is 293 g/mol. The maximum atomic E-state index is 13.6. The molecule has 1 heterocycles. The Bertz CT molecular complexity index is 584. The molecular formula is C16H17F2NO2. The minimum absolute atomic E-state index is 0.134. The number of pyridine rings is 1. The topological polar surface area (TPSA) is 42.4 Å². The molecule has 0 spiro atoms. The molecular weight excluding hydrogens is 276 g/mol. The zero-order chi connectivity index (χ0) is 15.2. The van der Waals surface area contributed by atoms with E-state index >= 15 is 0 Å². The summed E-state index contributed by atoms with van der Waals surface area (Å²) in [7, 11) is 0. The van der Waals surface area contributed by atoms with Crippen molar-refractivity contribution in [1.82, 2.24) is 4.98 Å². The number of aliphatic hydroxyl groups is 1. The molecule has 0 radical (unpaired) electrons. The second kappa shape index (κ2) is 7.13. The number of ether oxygens (including phenoxy) is 1. The molecule has 1 aromatic heterocycles. The van der Waals surface area contributed by atoms with Gasteiger partial charge in [0, 0.05) is 23.7 Å². The Hall–Kier alpha value is -2.01. The maximum absolute atomic E-state index is 13.6. The monoisotopic (exact) mass is 293 g/mol. The molecule has 0 amide bonds. The molecule has 0 bridgehead atoms. The van der Waals surface area contributed by atoms with Crippen molar-refractivity contribution in [1.29, 1.82) is 0 Å². The van der Waals surface area contributed by atoms with Crippen molar-refractivity contribution in [2.75, 3.05) is 6.61 Å². The molecule has 5 heteroatoms. The summed E-state index contributed by atoms with van der Waals surface area (Å²) in [6, 6.07) is 5.27. The molecule has 0 saturated heterocycles. The molecule has 1 N–H and O–H groups in total. The van der Waals surface area contributed by atoms with Crippen LogP contribution in [0, 0.1) is 11.6 Å². The number of benzene rings is 1. The van der Waals surface area contributed by atoms with Crippen molar-refractivity contribution in [3.05, 3.63) is 59.4 Å². The van der Waals surface area contributed by atoms with E-state index in [4.69, 9.17) is 4.74 Å². The first-order chi connectivity index (χ1) is 10.1. The molecule has 0 aliphatic heterocycles. The lowest BCUT2D eigenvalue weighted by Crippen LogP contribution is -2.07. The van der Waals surface area contributed by atoms with Crippen LogP contribution in [0.15, 0.2) is 36.7 Å². The van der Waals surface area contributed by atoms with Gasteiger partial charge in [0.2, 0.25) is 0 Å². The Morgan fingerprint density at radius 3 is 2.62 bits per heavy atom. The third kappa shape index (κ3) is 3.98. The van der Waals surface area contributed by atoms with Crippen LogP contribution in [0.3, 0.4) is 0 Å². The molecule has 0 aliphatic carbocycles. The van der Waals surface area contributed by atoms with Crippen molar-refractivity contribution in [2.45, 2.75) is 25.9 Å². The van der Waals surface area contributed by atoms with Crippen LogP contribution >= 0.6 is 0 Å². The SMILES string of the molecule is CCCOc1cncc(C(O)Cc2c(F)cccc2F)c1. The predicted octanol–water partition coefficient (Wildman–Crippen LogP) is 3.42. The average Bonchev–Trinajstić information content (AvgIpc) is 2.49. The highest BCUT2D eigenvalue weighted by atomic mass is 19.1. The molecule has 0 fully saturated rings. The van der Waals surface area contributed by atoms with Gasteiger partial charge in [-0.25, -0.2) is 8.78 Å². The van der Waals surface area contributed by atoms with Crippen molar-refractivity contribution in [3.63, 3.8) is 0 Å². The van der Waals surface area contributed by atoms with Crippen LogP contribution in [0.2, 0.25) is 0 Å². The summed E-state index contributed by atoms with van der Waals surface area (Å²) in [6.07, 6.45) is 2.65. The highest BCUT2D eigenvalue weighted by molar-refractivity contribution is 5.28. The first kappa shape index (κ1) is 15.4. The molecule has 2 rings (SSSR count). The summed E-state index contributed by atoms with van der Waals surface area (Å²) in [5.74, 6) is -0.803. The number of halogens is 2. The number of nitrogens with zero attached hydrogens (tertiary/aromatic N) is 1. The lowest BCUT2D eigenvalue weighted by atomic mass is 10.0. The largest absolute Gasteiger partial charge is 0.492 e. The molecule has 3 nitrogen and oxygen atoms in total. The van der Waals surface area contributed by atoms with E-state index < -0.39 is 17.7 Å². The van der Waals surface area contributed by atoms with Crippen LogP contribution in [-0.4, -0.2) is 16.7 Å². The Morgan fingerprint density at radius 2 is 1.95 bits per heavy atom. The van der Waals surface area contributed by atoms with Crippen LogP contribution in [0.5, 0.6) is 5.75 Å². The van der Waals surface area contributed by atoms with Crippen LogP contribution in [-0.2, 0) is 6.42 Å². The maximum Gasteiger partial charge on any atom is 0.137 e. The molecule has 112 valence electrons. The molecule has 1 unspecified atom stereocenters. The molecule has 21 heavy (non-hydrogen) atoms. The van der Waals surface area contributed by atoms with Gasteiger partial charge in [-0.2, -0.15) is 0 Å². The first-order valence-corrected chi connectivity index (χ1v) is 6.80. The number of hydrogen-bond acceptors (Lipinski definition) is 3. The van der Waals surface area contributed by atoms with Crippen molar-refractivity contribution >= 4 is 0 Å². The van der Waals surface area contributed by atoms with Crippen molar-refractivity contribution in [2.24, 2.45) is 0 Å². The predicted molar refractivity (Wildman–Crippen MR) is 75.0 cm³/mol. The molecule has 0 aliphatic rings. The minimum Gasteiger partial charge on any atom is -0.492 e. The molecule has 1 aromatic carbocycles. The number of rotatable bonds is 6. The summed E-state index contributed by atoms with van der Waals surface area (Å²) in [4.78, 5) is 3.97. The van der Waals surface area contributed by atoms with Crippen LogP contribution in [0.25, 0.3) is 0 Å². The molecule has 2 aromatic rings. The van der Waals surface area contributed by atoms with E-state index in [1.54, 1.807) is 6.07 Å². The lowest BCUT2D eigenvalue weighted by molar-refractivity contribution is 0.174. The second-order valence-electron chi connectivity index (χ2n) is 4.72. The van der Waals surface area contributed by atoms with E-state index in [0.29, 0.717) is 17.9 Å². The van der Waals surface area contributed by atoms with E-state index in [1.165, 1.54) is 30.6 Å². The number of hydrogen-bond donors (Lipinski definition) is 1. The first-order valence-electron chi connectivity index (χ1n) is 6.80. The normalized spacial score (nSPS) is 12.2. The van der Waals surface area contributed by atoms with Gasteiger partial charge < -0.3 is 9.84 Å². The van der Waals surface area contributed by atoms with Crippen molar-refractivity contribution in [3.8, 4) is 5.75 Å². The van der Waals surface area contributed by atoms with E-state index in [2.05, 4.69) is 4.98 Å². The zero-order valence-corrected chi connectivity index (χ0v) is 11.7. The van der Waals surface area contributed by atoms with Gasteiger partial charge in [-0.3, -0.25) is 4.98 Å². The van der Waals surface area contributed by atoms with Gasteiger partial charge in [0.05, 0.1) is 18.9 Å². The lowest BCUT2D eigenvalue weighted by Gasteiger charge is -2.13. The van der Waals surface area contributed by atoms with Gasteiger partial charge in [0.15, 0.2) is 0 Å². The van der Waals surface area contributed by atoms with Crippen LogP contribution in [0.4, 0.5) is 8.78 Å². The number of aliphatic hydroxyl groups excluding tert-OH is 1. The quantitative estimate of drug-likeness (QED) is 0.887. The Balaban J connectivity index is 2.14. The Morgan fingerprint density at radius 1 is 1.24 bits per heavy atom. The zero-order valence-electron chi connectivity index (χ0n) is 11.7. The second-order valence-corrected chi connectivity index (χ2v) is 4.72. The summed E-state index contributed by atoms with van der Waals surface area (Å²) >= 11 is 0. The third-order valence-corrected chi connectivity index (χ3v) is 3.05. The smallest absolute Gasteiger partial charge is 0.137 e. The van der Waals surface area contributed by atoms with Crippen LogP contribution < -0.4 is 4.74 Å². The van der Waals surface area contributed by atoms with Gasteiger partial charge in [-0.05, 0) is 24.6 Å². The minimum atomic E-state index is -1.05. The number of aromatic nitrogens is 1. The highest BCUT2D eigenvalue weighted by Crippen LogP contribution is 2.24. The van der Waals surface area contributed by atoms with Crippen molar-refractivity contribution < 1.29 is 18.6 Å². The van der Waals surface area contributed by atoms with Gasteiger partial charge in [0.25, 0.3) is 0 Å². The summed E-state index contributed by atoms with van der Waals surface area (Å²) in [6.45, 7) is 2.52. The standard InChI is InChI=1S/C16H17F2NO2/c1-2-6-21-12-7-11(9-19-10-12)16(20)8-13-14(17)4-3-5-15(13)18/h3-5,7,9-10,16,20H,2,6,8H2,1H3. The molecule has 1 atom stereocenters. The van der Waals surface area contributed by atoms with Gasteiger partial charge in [-0.1, -0.05) is 13.0 Å². The van der Waals surface area contributed by atoms with Crippen LogP contribution in [0.1, 0.15) is 30.6 Å². The Kier molecular flexibility index (Phi) is 5.22. The van der Waals surface area contributed by atoms with E-state index in [1.807, 2.05) is 6.92 Å². The third-order valence-electron chi connectivity index (χ3n) is 3.05. The van der Waals surface area contributed by atoms with Gasteiger partial charge in [-0.15, -0.1) is 0 Å².